The highest BCUT2D eigenvalue weighted by Gasteiger charge is 2.18. The quantitative estimate of drug-likeness (QED) is 0.711. The molecule has 1 atom stereocenters. The van der Waals surface area contributed by atoms with Crippen LogP contribution < -0.4 is 10.2 Å². The van der Waals surface area contributed by atoms with Crippen molar-refractivity contribution in [2.75, 3.05) is 18.5 Å². The Balaban J connectivity index is 2.15. The summed E-state index contributed by atoms with van der Waals surface area (Å²) in [4.78, 5) is 2.32. The second-order valence-corrected chi connectivity index (χ2v) is 5.26. The molecule has 1 aromatic heterocycles. The molecule has 2 aromatic rings. The van der Waals surface area contributed by atoms with Gasteiger partial charge in [0.2, 0.25) is 0 Å². The van der Waals surface area contributed by atoms with Crippen molar-refractivity contribution in [2.45, 2.75) is 6.42 Å². The van der Waals surface area contributed by atoms with Crippen molar-refractivity contribution in [1.82, 2.24) is 9.78 Å². The summed E-state index contributed by atoms with van der Waals surface area (Å²) in [5.41, 5.74) is 5.25. The number of fused-ring (bicyclic) bond motifs is 1. The second kappa shape index (κ2) is 3.85. The van der Waals surface area contributed by atoms with Crippen LogP contribution in [-0.4, -0.2) is 23.4 Å². The zero-order valence-corrected chi connectivity index (χ0v) is 11.3. The number of anilines is 1. The standard InChI is InChI=1S/C13H16N3P/c1-15-4-3-9-5-13(17)11(6-12(9)15)10-7-14-16(2)8-10/h5-8H,3-4,17H2,1-2H3. The van der Waals surface area contributed by atoms with E-state index in [9.17, 15) is 0 Å². The molecule has 0 bridgehead atoms. The third-order valence-electron chi connectivity index (χ3n) is 3.39. The number of hydrogen-bond donors (Lipinski definition) is 0. The number of hydrogen-bond acceptors (Lipinski definition) is 2. The SMILES string of the molecule is CN1CCc2cc(P)c(-c3cnn(C)c3)cc21. The maximum Gasteiger partial charge on any atom is 0.0568 e. The lowest BCUT2D eigenvalue weighted by Gasteiger charge is -2.14. The van der Waals surface area contributed by atoms with Crippen molar-refractivity contribution < 1.29 is 0 Å². The van der Waals surface area contributed by atoms with E-state index in [0.717, 1.165) is 13.0 Å². The lowest BCUT2D eigenvalue weighted by Crippen LogP contribution is -2.12. The molecule has 0 saturated carbocycles. The third kappa shape index (κ3) is 1.75. The molecule has 4 heteroatoms. The minimum absolute atomic E-state index is 1.12. The fraction of sp³-hybridized carbons (Fsp3) is 0.308. The minimum atomic E-state index is 1.12. The summed E-state index contributed by atoms with van der Waals surface area (Å²) >= 11 is 0. The van der Waals surface area contributed by atoms with E-state index in [-0.39, 0.29) is 0 Å². The Morgan fingerprint density at radius 2 is 2.12 bits per heavy atom. The lowest BCUT2D eigenvalue weighted by atomic mass is 10.0. The van der Waals surface area contributed by atoms with Crippen molar-refractivity contribution >= 4 is 20.2 Å². The number of aryl methyl sites for hydroxylation is 1. The summed E-state index contributed by atoms with van der Waals surface area (Å²) in [6.45, 7) is 1.12. The first-order chi connectivity index (χ1) is 8.15. The summed E-state index contributed by atoms with van der Waals surface area (Å²) in [5.74, 6) is 0. The molecule has 0 amide bonds. The Hall–Kier alpha value is -1.34. The van der Waals surface area contributed by atoms with Crippen LogP contribution in [0.5, 0.6) is 0 Å². The molecule has 0 saturated heterocycles. The predicted octanol–water partition coefficient (Wildman–Crippen LogP) is 1.58. The van der Waals surface area contributed by atoms with Gasteiger partial charge in [-0.1, -0.05) is 0 Å². The van der Waals surface area contributed by atoms with Crippen LogP contribution in [0.4, 0.5) is 5.69 Å². The molecule has 0 spiro atoms. The highest BCUT2D eigenvalue weighted by Crippen LogP contribution is 2.31. The molecule has 1 unspecified atom stereocenters. The van der Waals surface area contributed by atoms with E-state index in [0.29, 0.717) is 0 Å². The van der Waals surface area contributed by atoms with Gasteiger partial charge in [0.1, 0.15) is 0 Å². The average molecular weight is 245 g/mol. The van der Waals surface area contributed by atoms with Gasteiger partial charge in [0.05, 0.1) is 6.20 Å². The van der Waals surface area contributed by atoms with Gasteiger partial charge in [-0.3, -0.25) is 4.68 Å². The number of nitrogens with zero attached hydrogens (tertiary/aromatic N) is 3. The van der Waals surface area contributed by atoms with Crippen LogP contribution in [-0.2, 0) is 13.5 Å². The Labute approximate surface area is 104 Å². The third-order valence-corrected chi connectivity index (χ3v) is 3.87. The van der Waals surface area contributed by atoms with Gasteiger partial charge >= 0.3 is 0 Å². The number of benzene rings is 1. The van der Waals surface area contributed by atoms with Gasteiger partial charge in [0, 0.05) is 38.1 Å². The molecule has 0 radical (unpaired) electrons. The van der Waals surface area contributed by atoms with E-state index in [4.69, 9.17) is 0 Å². The maximum atomic E-state index is 4.24. The summed E-state index contributed by atoms with van der Waals surface area (Å²) < 4.78 is 1.84. The highest BCUT2D eigenvalue weighted by atomic mass is 31.0. The minimum Gasteiger partial charge on any atom is -0.374 e. The van der Waals surface area contributed by atoms with Gasteiger partial charge in [-0.25, -0.2) is 0 Å². The molecule has 1 aliphatic heterocycles. The summed E-state index contributed by atoms with van der Waals surface area (Å²) in [6.07, 6.45) is 5.13. The summed E-state index contributed by atoms with van der Waals surface area (Å²) in [7, 11) is 6.94. The molecular formula is C13H16N3P. The smallest absolute Gasteiger partial charge is 0.0568 e. The Kier molecular flexibility index (Phi) is 2.44. The molecule has 88 valence electrons. The molecule has 1 aromatic carbocycles. The summed E-state index contributed by atoms with van der Waals surface area (Å²) in [6, 6.07) is 4.56. The fourth-order valence-corrected chi connectivity index (χ4v) is 2.88. The molecule has 3 nitrogen and oxygen atoms in total. The van der Waals surface area contributed by atoms with Gasteiger partial charge in [-0.05, 0) is 35.0 Å². The van der Waals surface area contributed by atoms with Gasteiger partial charge in [0.15, 0.2) is 0 Å². The van der Waals surface area contributed by atoms with Crippen LogP contribution in [0, 0.1) is 0 Å². The van der Waals surface area contributed by atoms with Crippen molar-refractivity contribution in [3.05, 3.63) is 30.1 Å². The monoisotopic (exact) mass is 245 g/mol. The highest BCUT2D eigenvalue weighted by molar-refractivity contribution is 7.28. The largest absolute Gasteiger partial charge is 0.374 e. The Bertz CT molecular complexity index is 574. The fourth-order valence-electron chi connectivity index (χ4n) is 2.43. The van der Waals surface area contributed by atoms with E-state index in [1.165, 1.54) is 27.7 Å². The molecular weight excluding hydrogens is 229 g/mol. The molecule has 3 rings (SSSR count). The zero-order chi connectivity index (χ0) is 12.0. The van der Waals surface area contributed by atoms with Crippen LogP contribution in [0.2, 0.25) is 0 Å². The van der Waals surface area contributed by atoms with Crippen molar-refractivity contribution in [3.8, 4) is 11.1 Å². The normalized spacial score (nSPS) is 14.2. The number of rotatable bonds is 1. The lowest BCUT2D eigenvalue weighted by molar-refractivity contribution is 0.768. The van der Waals surface area contributed by atoms with E-state index < -0.39 is 0 Å². The zero-order valence-electron chi connectivity index (χ0n) is 10.1. The number of likely N-dealkylation sites (N-methyl/N-ethyl adjacent to an activating group) is 1. The Morgan fingerprint density at radius 3 is 2.82 bits per heavy atom. The van der Waals surface area contributed by atoms with Gasteiger partial charge in [0.25, 0.3) is 0 Å². The Morgan fingerprint density at radius 1 is 1.29 bits per heavy atom. The molecule has 0 N–H and O–H groups in total. The second-order valence-electron chi connectivity index (χ2n) is 4.64. The predicted molar refractivity (Wildman–Crippen MR) is 75.0 cm³/mol. The van der Waals surface area contributed by atoms with E-state index in [1.54, 1.807) is 0 Å². The van der Waals surface area contributed by atoms with E-state index in [2.05, 4.69) is 44.6 Å². The van der Waals surface area contributed by atoms with Crippen molar-refractivity contribution in [1.29, 1.82) is 0 Å². The molecule has 0 aliphatic carbocycles. The first-order valence-corrected chi connectivity index (χ1v) is 6.35. The van der Waals surface area contributed by atoms with Crippen molar-refractivity contribution in [3.63, 3.8) is 0 Å². The van der Waals surface area contributed by atoms with E-state index in [1.807, 2.05) is 17.9 Å². The molecule has 2 heterocycles. The van der Waals surface area contributed by atoms with E-state index >= 15 is 0 Å². The molecule has 17 heavy (non-hydrogen) atoms. The average Bonchev–Trinajstić information content (AvgIpc) is 2.85. The topological polar surface area (TPSA) is 21.1 Å². The van der Waals surface area contributed by atoms with Crippen LogP contribution in [0.3, 0.4) is 0 Å². The van der Waals surface area contributed by atoms with Crippen LogP contribution in [0.25, 0.3) is 11.1 Å². The molecule has 0 fully saturated rings. The maximum absolute atomic E-state index is 4.24. The first-order valence-electron chi connectivity index (χ1n) is 5.77. The van der Waals surface area contributed by atoms with Gasteiger partial charge < -0.3 is 4.90 Å². The van der Waals surface area contributed by atoms with Crippen LogP contribution in [0.15, 0.2) is 24.5 Å². The number of aromatic nitrogens is 2. The van der Waals surface area contributed by atoms with Crippen LogP contribution in [0.1, 0.15) is 5.56 Å². The van der Waals surface area contributed by atoms with Gasteiger partial charge in [-0.15, -0.1) is 9.24 Å². The first kappa shape index (κ1) is 10.8. The summed E-state index contributed by atoms with van der Waals surface area (Å²) in [5, 5.41) is 5.50. The van der Waals surface area contributed by atoms with Crippen molar-refractivity contribution in [2.24, 2.45) is 7.05 Å². The van der Waals surface area contributed by atoms with Crippen LogP contribution >= 0.6 is 9.24 Å². The van der Waals surface area contributed by atoms with Gasteiger partial charge in [-0.2, -0.15) is 5.10 Å². The molecule has 1 aliphatic rings.